The van der Waals surface area contributed by atoms with Crippen molar-refractivity contribution >= 4 is 12.0 Å². The maximum atomic E-state index is 12.5. The van der Waals surface area contributed by atoms with Crippen molar-refractivity contribution in [2.75, 3.05) is 0 Å². The maximum Gasteiger partial charge on any atom is 0.416 e. The van der Waals surface area contributed by atoms with E-state index >= 15 is 0 Å². The second-order valence-electron chi connectivity index (χ2n) is 6.22. The minimum Gasteiger partial charge on any atom is -0.348 e. The van der Waals surface area contributed by atoms with Crippen LogP contribution in [0.3, 0.4) is 0 Å². The molecule has 0 unspecified atom stereocenters. The van der Waals surface area contributed by atoms with Crippen molar-refractivity contribution in [1.29, 1.82) is 0 Å². The summed E-state index contributed by atoms with van der Waals surface area (Å²) in [6.45, 7) is 1.09. The number of carbonyl (C=O) groups excluding carboxylic acids is 1. The third kappa shape index (κ3) is 5.57. The van der Waals surface area contributed by atoms with Crippen LogP contribution in [-0.4, -0.2) is 15.5 Å². The Morgan fingerprint density at radius 1 is 1.04 bits per heavy atom. The molecule has 0 atom stereocenters. The molecule has 1 N–H and O–H groups in total. The SMILES string of the molecule is O=C(/C=C/c1ccc(C(F)(F)F)cc1)NCc1ccc(Cn2ccnc2)cc1. The summed E-state index contributed by atoms with van der Waals surface area (Å²) in [5.41, 5.74) is 1.87. The van der Waals surface area contributed by atoms with Crippen LogP contribution in [0.5, 0.6) is 0 Å². The van der Waals surface area contributed by atoms with Crippen LogP contribution in [0, 0.1) is 0 Å². The number of nitrogens with one attached hydrogen (secondary N) is 1. The Hall–Kier alpha value is -3.35. The molecule has 0 saturated carbocycles. The number of hydrogen-bond donors (Lipinski definition) is 1. The fourth-order valence-electron chi connectivity index (χ4n) is 2.56. The van der Waals surface area contributed by atoms with E-state index < -0.39 is 11.7 Å². The lowest BCUT2D eigenvalue weighted by atomic mass is 10.1. The van der Waals surface area contributed by atoms with E-state index in [0.717, 1.165) is 29.8 Å². The molecule has 0 aliphatic rings. The summed E-state index contributed by atoms with van der Waals surface area (Å²) in [6.07, 6.45) is 3.77. The number of hydrogen-bond acceptors (Lipinski definition) is 2. The van der Waals surface area contributed by atoms with Crippen molar-refractivity contribution in [3.63, 3.8) is 0 Å². The molecule has 3 rings (SSSR count). The maximum absolute atomic E-state index is 12.5. The van der Waals surface area contributed by atoms with Crippen molar-refractivity contribution in [2.45, 2.75) is 19.3 Å². The summed E-state index contributed by atoms with van der Waals surface area (Å²) >= 11 is 0. The third-order valence-corrected chi connectivity index (χ3v) is 4.08. The van der Waals surface area contributed by atoms with Gasteiger partial charge in [-0.05, 0) is 34.9 Å². The highest BCUT2D eigenvalue weighted by atomic mass is 19.4. The Kier molecular flexibility index (Phi) is 5.93. The Balaban J connectivity index is 1.49. The normalized spacial score (nSPS) is 11.7. The van der Waals surface area contributed by atoms with Crippen molar-refractivity contribution in [3.8, 4) is 0 Å². The zero-order valence-corrected chi connectivity index (χ0v) is 14.9. The zero-order valence-electron chi connectivity index (χ0n) is 14.9. The highest BCUT2D eigenvalue weighted by Crippen LogP contribution is 2.29. The van der Waals surface area contributed by atoms with Crippen molar-refractivity contribution in [1.82, 2.24) is 14.9 Å². The molecule has 0 saturated heterocycles. The summed E-state index contributed by atoms with van der Waals surface area (Å²) in [5.74, 6) is -0.317. The van der Waals surface area contributed by atoms with Crippen LogP contribution in [0.15, 0.2) is 73.3 Å². The lowest BCUT2D eigenvalue weighted by Gasteiger charge is -2.06. The van der Waals surface area contributed by atoms with E-state index in [-0.39, 0.29) is 5.91 Å². The number of halogens is 3. The Labute approximate surface area is 160 Å². The van der Waals surface area contributed by atoms with Crippen LogP contribution in [-0.2, 0) is 24.1 Å². The molecule has 4 nitrogen and oxygen atoms in total. The zero-order chi connectivity index (χ0) is 20.0. The van der Waals surface area contributed by atoms with Crippen molar-refractivity contribution < 1.29 is 18.0 Å². The number of imidazole rings is 1. The smallest absolute Gasteiger partial charge is 0.348 e. The van der Waals surface area contributed by atoms with Gasteiger partial charge in [0.2, 0.25) is 5.91 Å². The molecule has 0 aliphatic heterocycles. The number of rotatable bonds is 6. The fraction of sp³-hybridized carbons (Fsp3) is 0.143. The van der Waals surface area contributed by atoms with Gasteiger partial charge in [-0.15, -0.1) is 0 Å². The molecule has 2 aromatic carbocycles. The van der Waals surface area contributed by atoms with E-state index in [2.05, 4.69) is 10.3 Å². The summed E-state index contributed by atoms with van der Waals surface area (Å²) in [5, 5.41) is 2.75. The minimum absolute atomic E-state index is 0.317. The van der Waals surface area contributed by atoms with Gasteiger partial charge in [0.05, 0.1) is 11.9 Å². The molecular weight excluding hydrogens is 367 g/mol. The largest absolute Gasteiger partial charge is 0.416 e. The van der Waals surface area contributed by atoms with Crippen LogP contribution in [0.4, 0.5) is 13.2 Å². The molecular formula is C21H18F3N3O. The third-order valence-electron chi connectivity index (χ3n) is 4.08. The van der Waals surface area contributed by atoms with Gasteiger partial charge in [-0.1, -0.05) is 36.4 Å². The highest BCUT2D eigenvalue weighted by molar-refractivity contribution is 5.91. The highest BCUT2D eigenvalue weighted by Gasteiger charge is 2.29. The van der Waals surface area contributed by atoms with Gasteiger partial charge in [-0.2, -0.15) is 13.2 Å². The molecule has 3 aromatic rings. The predicted octanol–water partition coefficient (Wildman–Crippen LogP) is 4.28. The van der Waals surface area contributed by atoms with E-state index in [9.17, 15) is 18.0 Å². The number of carbonyl (C=O) groups is 1. The standard InChI is InChI=1S/C21H18F3N3O/c22-21(23,24)19-8-5-16(6-9-19)7-10-20(28)26-13-17-1-3-18(4-2-17)14-27-12-11-25-15-27/h1-12,15H,13-14H2,(H,26,28)/b10-7+. The Morgan fingerprint density at radius 3 is 2.32 bits per heavy atom. The number of nitrogens with zero attached hydrogens (tertiary/aromatic N) is 2. The molecule has 0 spiro atoms. The van der Waals surface area contributed by atoms with E-state index in [1.165, 1.54) is 24.3 Å². The van der Waals surface area contributed by atoms with Gasteiger partial charge >= 0.3 is 6.18 Å². The average Bonchev–Trinajstić information content (AvgIpc) is 3.18. The summed E-state index contributed by atoms with van der Waals surface area (Å²) in [7, 11) is 0. The molecule has 1 aromatic heterocycles. The van der Waals surface area contributed by atoms with Crippen molar-refractivity contribution in [3.05, 3.63) is 95.6 Å². The Morgan fingerprint density at radius 2 is 1.71 bits per heavy atom. The first-order valence-electron chi connectivity index (χ1n) is 8.57. The number of aromatic nitrogens is 2. The van der Waals surface area contributed by atoms with Gasteiger partial charge in [-0.25, -0.2) is 4.98 Å². The second-order valence-corrected chi connectivity index (χ2v) is 6.22. The quantitative estimate of drug-likeness (QED) is 0.644. The average molecular weight is 385 g/mol. The molecule has 144 valence electrons. The van der Waals surface area contributed by atoms with Crippen LogP contribution in [0.2, 0.25) is 0 Å². The first-order valence-corrected chi connectivity index (χ1v) is 8.57. The molecule has 1 amide bonds. The first kappa shape index (κ1) is 19.4. The molecule has 1 heterocycles. The van der Waals surface area contributed by atoms with Gasteiger partial charge in [-0.3, -0.25) is 4.79 Å². The Bertz CT molecular complexity index is 929. The lowest BCUT2D eigenvalue weighted by molar-refractivity contribution is -0.137. The van der Waals surface area contributed by atoms with Crippen molar-refractivity contribution in [2.24, 2.45) is 0 Å². The number of alkyl halides is 3. The van der Waals surface area contributed by atoms with E-state index in [4.69, 9.17) is 0 Å². The van der Waals surface area contributed by atoms with Crippen LogP contribution in [0.25, 0.3) is 6.08 Å². The lowest BCUT2D eigenvalue weighted by Crippen LogP contribution is -2.20. The van der Waals surface area contributed by atoms with Crippen LogP contribution in [0.1, 0.15) is 22.3 Å². The van der Waals surface area contributed by atoms with Gasteiger partial charge in [0.25, 0.3) is 0 Å². The fourth-order valence-corrected chi connectivity index (χ4v) is 2.56. The van der Waals surface area contributed by atoms with Gasteiger partial charge in [0.15, 0.2) is 0 Å². The molecule has 0 bridgehead atoms. The van der Waals surface area contributed by atoms with Crippen LogP contribution < -0.4 is 5.32 Å². The predicted molar refractivity (Wildman–Crippen MR) is 100 cm³/mol. The summed E-state index contributed by atoms with van der Waals surface area (Å²) in [6, 6.07) is 12.5. The topological polar surface area (TPSA) is 46.9 Å². The van der Waals surface area contributed by atoms with E-state index in [1.54, 1.807) is 12.5 Å². The molecule has 0 fully saturated rings. The minimum atomic E-state index is -4.37. The first-order chi connectivity index (χ1) is 13.4. The molecule has 0 radical (unpaired) electrons. The molecule has 7 heteroatoms. The van der Waals surface area contributed by atoms with E-state index in [1.807, 2.05) is 35.0 Å². The number of amides is 1. The molecule has 0 aliphatic carbocycles. The number of benzene rings is 2. The van der Waals surface area contributed by atoms with Gasteiger partial charge in [0.1, 0.15) is 0 Å². The summed E-state index contributed by atoms with van der Waals surface area (Å²) in [4.78, 5) is 15.9. The van der Waals surface area contributed by atoms with Crippen LogP contribution >= 0.6 is 0 Å². The van der Waals surface area contributed by atoms with E-state index in [0.29, 0.717) is 12.1 Å². The monoisotopic (exact) mass is 385 g/mol. The van der Waals surface area contributed by atoms with Gasteiger partial charge in [0, 0.05) is 31.6 Å². The summed E-state index contributed by atoms with van der Waals surface area (Å²) < 4.78 is 39.5. The van der Waals surface area contributed by atoms with Gasteiger partial charge < -0.3 is 9.88 Å². The molecule has 28 heavy (non-hydrogen) atoms. The second kappa shape index (κ2) is 8.56.